The van der Waals surface area contributed by atoms with Crippen molar-refractivity contribution in [2.24, 2.45) is 0 Å². The number of aromatic nitrogens is 2. The highest BCUT2D eigenvalue weighted by molar-refractivity contribution is 5.74. The lowest BCUT2D eigenvalue weighted by Gasteiger charge is -2.03. The van der Waals surface area contributed by atoms with Crippen LogP contribution in [0.15, 0.2) is 24.3 Å². The molecule has 1 aromatic carbocycles. The van der Waals surface area contributed by atoms with Gasteiger partial charge in [0, 0.05) is 19.5 Å². The van der Waals surface area contributed by atoms with Crippen molar-refractivity contribution in [3.8, 4) is 0 Å². The molecule has 0 atom stereocenters. The molecular weight excluding hydrogens is 230 g/mol. The van der Waals surface area contributed by atoms with Gasteiger partial charge < -0.3 is 20.1 Å². The molecule has 5 heteroatoms. The predicted molar refractivity (Wildman–Crippen MR) is 70.6 cm³/mol. The molecule has 0 radical (unpaired) electrons. The van der Waals surface area contributed by atoms with E-state index in [0.29, 0.717) is 13.2 Å². The first-order valence-electron chi connectivity index (χ1n) is 6.23. The molecule has 0 aliphatic rings. The van der Waals surface area contributed by atoms with Crippen molar-refractivity contribution in [2.75, 3.05) is 32.9 Å². The Hall–Kier alpha value is -1.43. The Kier molecular flexibility index (Phi) is 5.14. The van der Waals surface area contributed by atoms with Crippen LogP contribution in [-0.2, 0) is 11.2 Å². The Bertz CT molecular complexity index is 437. The van der Waals surface area contributed by atoms with Gasteiger partial charge in [-0.05, 0) is 12.1 Å². The predicted octanol–water partition coefficient (Wildman–Crippen LogP) is 0.704. The van der Waals surface area contributed by atoms with E-state index < -0.39 is 0 Å². The number of rotatable bonds is 8. The fourth-order valence-electron chi connectivity index (χ4n) is 1.77. The minimum absolute atomic E-state index is 0.0823. The highest BCUT2D eigenvalue weighted by Crippen LogP contribution is 2.09. The van der Waals surface area contributed by atoms with E-state index in [-0.39, 0.29) is 6.61 Å². The van der Waals surface area contributed by atoms with Crippen LogP contribution in [0.25, 0.3) is 11.0 Å². The third-order valence-corrected chi connectivity index (χ3v) is 2.64. The second kappa shape index (κ2) is 7.10. The summed E-state index contributed by atoms with van der Waals surface area (Å²) in [6.07, 6.45) is 0.870. The van der Waals surface area contributed by atoms with Gasteiger partial charge in [-0.3, -0.25) is 0 Å². The van der Waals surface area contributed by atoms with E-state index in [1.807, 2.05) is 24.3 Å². The SMILES string of the molecule is OCCOCCNCCc1nc2ccccc2[nH]1. The van der Waals surface area contributed by atoms with Crippen LogP contribution in [0.4, 0.5) is 0 Å². The van der Waals surface area contributed by atoms with Crippen molar-refractivity contribution < 1.29 is 9.84 Å². The molecule has 1 aromatic heterocycles. The van der Waals surface area contributed by atoms with E-state index in [0.717, 1.165) is 36.4 Å². The first kappa shape index (κ1) is 13.0. The van der Waals surface area contributed by atoms with Gasteiger partial charge in [0.1, 0.15) is 5.82 Å². The average Bonchev–Trinajstić information content (AvgIpc) is 2.80. The maximum Gasteiger partial charge on any atom is 0.108 e. The maximum atomic E-state index is 8.53. The molecule has 0 unspecified atom stereocenters. The maximum absolute atomic E-state index is 8.53. The molecule has 1 heterocycles. The van der Waals surface area contributed by atoms with Gasteiger partial charge in [0.15, 0.2) is 0 Å². The van der Waals surface area contributed by atoms with E-state index >= 15 is 0 Å². The molecular formula is C13H19N3O2. The fraction of sp³-hybridized carbons (Fsp3) is 0.462. The van der Waals surface area contributed by atoms with Crippen LogP contribution in [0, 0.1) is 0 Å². The lowest BCUT2D eigenvalue weighted by Crippen LogP contribution is -2.23. The molecule has 0 saturated carbocycles. The van der Waals surface area contributed by atoms with Gasteiger partial charge in [-0.2, -0.15) is 0 Å². The number of hydrogen-bond donors (Lipinski definition) is 3. The second-order valence-electron chi connectivity index (χ2n) is 4.04. The van der Waals surface area contributed by atoms with Gasteiger partial charge in [0.05, 0.1) is 30.9 Å². The van der Waals surface area contributed by atoms with Crippen LogP contribution in [0.1, 0.15) is 5.82 Å². The number of aliphatic hydroxyl groups is 1. The van der Waals surface area contributed by atoms with Gasteiger partial charge in [0.2, 0.25) is 0 Å². The zero-order valence-corrected chi connectivity index (χ0v) is 10.4. The van der Waals surface area contributed by atoms with Crippen LogP contribution >= 0.6 is 0 Å². The molecule has 18 heavy (non-hydrogen) atoms. The zero-order valence-electron chi connectivity index (χ0n) is 10.4. The summed E-state index contributed by atoms with van der Waals surface area (Å²) in [6, 6.07) is 8.03. The number of imidazole rings is 1. The monoisotopic (exact) mass is 249 g/mol. The largest absolute Gasteiger partial charge is 0.394 e. The van der Waals surface area contributed by atoms with Gasteiger partial charge in [0.25, 0.3) is 0 Å². The third-order valence-electron chi connectivity index (χ3n) is 2.64. The average molecular weight is 249 g/mol. The van der Waals surface area contributed by atoms with Crippen LogP contribution < -0.4 is 5.32 Å². The number of nitrogens with one attached hydrogen (secondary N) is 2. The van der Waals surface area contributed by atoms with Crippen molar-refractivity contribution in [3.05, 3.63) is 30.1 Å². The second-order valence-corrected chi connectivity index (χ2v) is 4.04. The smallest absolute Gasteiger partial charge is 0.108 e. The van der Waals surface area contributed by atoms with Crippen LogP contribution in [-0.4, -0.2) is 48.0 Å². The summed E-state index contributed by atoms with van der Waals surface area (Å²) in [5.41, 5.74) is 2.09. The minimum Gasteiger partial charge on any atom is -0.394 e. The Balaban J connectivity index is 1.67. The molecule has 0 saturated heterocycles. The summed E-state index contributed by atoms with van der Waals surface area (Å²) in [4.78, 5) is 7.79. The first-order valence-corrected chi connectivity index (χ1v) is 6.23. The lowest BCUT2D eigenvalue weighted by molar-refractivity contribution is 0.0940. The summed E-state index contributed by atoms with van der Waals surface area (Å²) in [7, 11) is 0. The summed E-state index contributed by atoms with van der Waals surface area (Å²) in [6.45, 7) is 2.77. The number of H-pyrrole nitrogens is 1. The summed E-state index contributed by atoms with van der Waals surface area (Å²) in [5.74, 6) is 1.000. The third kappa shape index (κ3) is 3.80. The van der Waals surface area contributed by atoms with E-state index in [2.05, 4.69) is 15.3 Å². The first-order chi connectivity index (χ1) is 8.90. The van der Waals surface area contributed by atoms with Gasteiger partial charge >= 0.3 is 0 Å². The summed E-state index contributed by atoms with van der Waals surface area (Å²) in [5, 5.41) is 11.8. The molecule has 0 spiro atoms. The van der Waals surface area contributed by atoms with Crippen molar-refractivity contribution in [1.29, 1.82) is 0 Å². The number of nitrogens with zero attached hydrogens (tertiary/aromatic N) is 1. The fourth-order valence-corrected chi connectivity index (χ4v) is 1.77. The molecule has 2 rings (SSSR count). The van der Waals surface area contributed by atoms with Crippen molar-refractivity contribution >= 4 is 11.0 Å². The number of aromatic amines is 1. The molecule has 5 nitrogen and oxygen atoms in total. The zero-order chi connectivity index (χ0) is 12.6. The van der Waals surface area contributed by atoms with Crippen molar-refractivity contribution in [3.63, 3.8) is 0 Å². The van der Waals surface area contributed by atoms with Crippen LogP contribution in [0.2, 0.25) is 0 Å². The van der Waals surface area contributed by atoms with E-state index in [4.69, 9.17) is 9.84 Å². The van der Waals surface area contributed by atoms with Gasteiger partial charge in [-0.15, -0.1) is 0 Å². The number of ether oxygens (including phenoxy) is 1. The minimum atomic E-state index is 0.0823. The molecule has 0 amide bonds. The number of benzene rings is 1. The molecule has 0 aliphatic heterocycles. The number of para-hydroxylation sites is 2. The van der Waals surface area contributed by atoms with Crippen LogP contribution in [0.5, 0.6) is 0 Å². The summed E-state index contributed by atoms with van der Waals surface area (Å²) < 4.78 is 5.15. The normalized spacial score (nSPS) is 11.2. The van der Waals surface area contributed by atoms with E-state index in [9.17, 15) is 0 Å². The topological polar surface area (TPSA) is 70.2 Å². The Labute approximate surface area is 106 Å². The van der Waals surface area contributed by atoms with Crippen molar-refractivity contribution in [1.82, 2.24) is 15.3 Å². The number of hydrogen-bond acceptors (Lipinski definition) is 4. The standard InChI is InChI=1S/C13H19N3O2/c17-8-10-18-9-7-14-6-5-13-15-11-3-1-2-4-12(11)16-13/h1-4,14,17H,5-10H2,(H,15,16). The molecule has 0 fully saturated rings. The lowest BCUT2D eigenvalue weighted by atomic mass is 10.3. The quantitative estimate of drug-likeness (QED) is 0.602. The van der Waals surface area contributed by atoms with E-state index in [1.54, 1.807) is 0 Å². The Morgan fingerprint density at radius 3 is 2.94 bits per heavy atom. The highest BCUT2D eigenvalue weighted by Gasteiger charge is 2.00. The van der Waals surface area contributed by atoms with Gasteiger partial charge in [-0.1, -0.05) is 12.1 Å². The van der Waals surface area contributed by atoms with Crippen molar-refractivity contribution in [2.45, 2.75) is 6.42 Å². The molecule has 0 aliphatic carbocycles. The van der Waals surface area contributed by atoms with Crippen LogP contribution in [0.3, 0.4) is 0 Å². The highest BCUT2D eigenvalue weighted by atomic mass is 16.5. The van der Waals surface area contributed by atoms with Gasteiger partial charge in [-0.25, -0.2) is 4.98 Å². The Morgan fingerprint density at radius 1 is 1.22 bits per heavy atom. The molecule has 3 N–H and O–H groups in total. The number of fused-ring (bicyclic) bond motifs is 1. The number of aliphatic hydroxyl groups excluding tert-OH is 1. The molecule has 2 aromatic rings. The Morgan fingerprint density at radius 2 is 2.11 bits per heavy atom. The van der Waals surface area contributed by atoms with E-state index in [1.165, 1.54) is 0 Å². The summed E-state index contributed by atoms with van der Waals surface area (Å²) >= 11 is 0. The molecule has 0 bridgehead atoms. The molecule has 98 valence electrons.